The van der Waals surface area contributed by atoms with Gasteiger partial charge in [-0.3, -0.25) is 9.59 Å². The molecule has 0 saturated carbocycles. The van der Waals surface area contributed by atoms with Gasteiger partial charge in [-0.15, -0.1) is 0 Å². The number of hydrogen-bond donors (Lipinski definition) is 6. The first-order valence-electron chi connectivity index (χ1n) is 35.7. The Morgan fingerprint density at radius 3 is 1.27 bits per heavy atom. The smallest absolute Gasteiger partial charge is 0.305 e. The van der Waals surface area contributed by atoms with Crippen LogP contribution in [-0.2, 0) is 23.8 Å². The molecular weight excluding hydrogens is 1060 g/mol. The Morgan fingerprint density at radius 1 is 0.435 bits per heavy atom. The predicted molar refractivity (Wildman–Crippen MR) is 356 cm³/mol. The summed E-state index contributed by atoms with van der Waals surface area (Å²) in [6.45, 7) is 4.26. The number of hydrogen-bond acceptors (Lipinski definition) is 10. The Balaban J connectivity index is 1.93. The second kappa shape index (κ2) is 62.7. The topological polar surface area (TPSA) is 175 Å². The van der Waals surface area contributed by atoms with Gasteiger partial charge in [0, 0.05) is 12.8 Å². The summed E-state index contributed by atoms with van der Waals surface area (Å²) in [5, 5.41) is 54.3. The van der Waals surface area contributed by atoms with Crippen LogP contribution in [0.1, 0.15) is 322 Å². The van der Waals surface area contributed by atoms with E-state index in [1.807, 2.05) is 6.08 Å². The third-order valence-corrected chi connectivity index (χ3v) is 16.5. The van der Waals surface area contributed by atoms with E-state index in [1.54, 1.807) is 6.08 Å². The molecule has 494 valence electrons. The molecule has 1 fully saturated rings. The maximum Gasteiger partial charge on any atom is 0.305 e. The zero-order chi connectivity index (χ0) is 61.6. The minimum Gasteiger partial charge on any atom is -0.466 e. The molecule has 0 spiro atoms. The molecule has 6 N–H and O–H groups in total. The number of nitrogens with one attached hydrogen (secondary N) is 1. The van der Waals surface area contributed by atoms with Crippen LogP contribution >= 0.6 is 0 Å². The fraction of sp³-hybridized carbons (Fsp3) is 0.811. The van der Waals surface area contributed by atoms with Gasteiger partial charge in [0.1, 0.15) is 24.4 Å². The zero-order valence-electron chi connectivity index (χ0n) is 54.8. The number of ether oxygens (including phenoxy) is 3. The molecule has 0 aromatic carbocycles. The summed E-state index contributed by atoms with van der Waals surface area (Å²) in [7, 11) is 0. The van der Waals surface area contributed by atoms with Gasteiger partial charge in [0.2, 0.25) is 5.91 Å². The van der Waals surface area contributed by atoms with E-state index in [1.165, 1.54) is 225 Å². The lowest BCUT2D eigenvalue weighted by molar-refractivity contribution is -0.302. The van der Waals surface area contributed by atoms with Gasteiger partial charge in [0.05, 0.1) is 32.0 Å². The first-order valence-corrected chi connectivity index (χ1v) is 35.7. The van der Waals surface area contributed by atoms with E-state index >= 15 is 0 Å². The van der Waals surface area contributed by atoms with E-state index in [0.29, 0.717) is 19.4 Å². The van der Waals surface area contributed by atoms with Crippen LogP contribution in [0.25, 0.3) is 0 Å². The standard InChI is InChI=1S/C74H133NO10/c1-3-5-7-9-11-13-15-16-39-42-46-50-54-58-62-70(79)83-63-59-55-51-47-43-40-37-35-33-31-29-27-25-23-21-19-17-18-20-22-24-26-28-30-32-34-36-38-41-45-49-53-57-61-69(78)75-66(65-84-74-73(82)72(81)71(80)68(64-76)85-74)67(77)60-56-52-48-44-14-12-10-8-6-4-2/h9,11,14-16,21,23,27,29,44,56,60,66-68,71-74,76-77,80-82H,3-8,10,12-13,17-20,22,24-26,28,30-43,45-55,57-59,61-65H2,1-2H3,(H,75,78)/b11-9-,16-15-,23-21-,29-27-,44-14+,60-56+. The molecule has 0 bridgehead atoms. The van der Waals surface area contributed by atoms with E-state index in [2.05, 4.69) is 79.9 Å². The van der Waals surface area contributed by atoms with Crippen LogP contribution < -0.4 is 5.32 Å². The highest BCUT2D eigenvalue weighted by Crippen LogP contribution is 2.23. The molecule has 1 aliphatic rings. The van der Waals surface area contributed by atoms with Crippen LogP contribution in [0.4, 0.5) is 0 Å². The molecule has 0 radical (unpaired) electrons. The highest BCUT2D eigenvalue weighted by molar-refractivity contribution is 5.76. The maximum atomic E-state index is 13.0. The van der Waals surface area contributed by atoms with Gasteiger partial charge in [-0.2, -0.15) is 0 Å². The second-order valence-corrected chi connectivity index (χ2v) is 24.6. The van der Waals surface area contributed by atoms with Crippen molar-refractivity contribution in [2.75, 3.05) is 19.8 Å². The van der Waals surface area contributed by atoms with Crippen molar-refractivity contribution in [2.24, 2.45) is 0 Å². The summed E-state index contributed by atoms with van der Waals surface area (Å²) in [6, 6.07) is -0.826. The molecular formula is C74H133NO10. The number of carbonyl (C=O) groups is 2. The highest BCUT2D eigenvalue weighted by atomic mass is 16.7. The Hall–Kier alpha value is -2.90. The van der Waals surface area contributed by atoms with Crippen LogP contribution in [0.2, 0.25) is 0 Å². The third kappa shape index (κ3) is 51.7. The quantitative estimate of drug-likeness (QED) is 0.0195. The number of carbonyl (C=O) groups excluding carboxylic acids is 2. The molecule has 11 heteroatoms. The minimum atomic E-state index is -1.58. The zero-order valence-corrected chi connectivity index (χ0v) is 54.8. The van der Waals surface area contributed by atoms with E-state index in [4.69, 9.17) is 14.2 Å². The Kier molecular flexibility index (Phi) is 59.1. The van der Waals surface area contributed by atoms with Gasteiger partial charge >= 0.3 is 5.97 Å². The number of amides is 1. The SMILES string of the molecule is CCCC/C=C\C/C=C\CCCCCCCC(=O)OCCCCCCCCCCC/C=C\C/C=C\CCCCCCCCCCCCCCCCCCCC(=O)NC(COC1OC(CO)C(O)C(O)C1O)C(O)/C=C/CC/C=C/CCCCCC. The summed E-state index contributed by atoms with van der Waals surface area (Å²) in [6.07, 6.45) is 74.8. The van der Waals surface area contributed by atoms with Crippen molar-refractivity contribution in [3.8, 4) is 0 Å². The van der Waals surface area contributed by atoms with Crippen molar-refractivity contribution in [1.29, 1.82) is 0 Å². The maximum absolute atomic E-state index is 13.0. The summed E-state index contributed by atoms with van der Waals surface area (Å²) in [5.74, 6) is -0.200. The summed E-state index contributed by atoms with van der Waals surface area (Å²) in [4.78, 5) is 25.1. The fourth-order valence-corrected chi connectivity index (χ4v) is 10.9. The lowest BCUT2D eigenvalue weighted by Gasteiger charge is -2.40. The molecule has 1 amide bonds. The summed E-state index contributed by atoms with van der Waals surface area (Å²) < 4.78 is 16.7. The molecule has 1 heterocycles. The molecule has 85 heavy (non-hydrogen) atoms. The van der Waals surface area contributed by atoms with Crippen LogP contribution in [0.15, 0.2) is 72.9 Å². The van der Waals surface area contributed by atoms with Crippen molar-refractivity contribution in [1.82, 2.24) is 5.32 Å². The van der Waals surface area contributed by atoms with Gasteiger partial charge in [-0.05, 0) is 103 Å². The average Bonchev–Trinajstić information content (AvgIpc) is 3.33. The number of aliphatic hydroxyl groups is 5. The van der Waals surface area contributed by atoms with Gasteiger partial charge in [0.25, 0.3) is 0 Å². The Bertz CT molecular complexity index is 1640. The highest BCUT2D eigenvalue weighted by Gasteiger charge is 2.44. The fourth-order valence-electron chi connectivity index (χ4n) is 10.9. The Labute approximate surface area is 521 Å². The van der Waals surface area contributed by atoms with Crippen LogP contribution in [-0.4, -0.2) is 100 Å². The predicted octanol–water partition coefficient (Wildman–Crippen LogP) is 18.3. The van der Waals surface area contributed by atoms with Crippen molar-refractivity contribution in [3.05, 3.63) is 72.9 Å². The van der Waals surface area contributed by atoms with Gasteiger partial charge < -0.3 is 45.1 Å². The van der Waals surface area contributed by atoms with Gasteiger partial charge in [0.15, 0.2) is 6.29 Å². The molecule has 11 nitrogen and oxygen atoms in total. The van der Waals surface area contributed by atoms with E-state index in [9.17, 15) is 35.1 Å². The summed E-state index contributed by atoms with van der Waals surface area (Å²) in [5.41, 5.74) is 0. The van der Waals surface area contributed by atoms with Crippen LogP contribution in [0.3, 0.4) is 0 Å². The van der Waals surface area contributed by atoms with Crippen LogP contribution in [0.5, 0.6) is 0 Å². The number of esters is 1. The molecule has 7 unspecified atom stereocenters. The molecule has 1 rings (SSSR count). The number of aliphatic hydroxyl groups excluding tert-OH is 5. The monoisotopic (exact) mass is 1200 g/mol. The number of unbranched alkanes of at least 4 members (excludes halogenated alkanes) is 38. The summed E-state index contributed by atoms with van der Waals surface area (Å²) >= 11 is 0. The first kappa shape index (κ1) is 80.1. The molecule has 0 aliphatic carbocycles. The molecule has 1 saturated heterocycles. The van der Waals surface area contributed by atoms with E-state index in [-0.39, 0.29) is 18.5 Å². The van der Waals surface area contributed by atoms with Crippen molar-refractivity contribution >= 4 is 11.9 Å². The van der Waals surface area contributed by atoms with Crippen molar-refractivity contribution in [2.45, 2.75) is 365 Å². The normalized spacial score (nSPS) is 18.4. The lowest BCUT2D eigenvalue weighted by atomic mass is 9.99. The largest absolute Gasteiger partial charge is 0.466 e. The minimum absolute atomic E-state index is 0.00851. The molecule has 0 aromatic heterocycles. The first-order chi connectivity index (χ1) is 41.7. The average molecular weight is 1200 g/mol. The lowest BCUT2D eigenvalue weighted by Crippen LogP contribution is -2.60. The van der Waals surface area contributed by atoms with Gasteiger partial charge in [-0.25, -0.2) is 0 Å². The molecule has 7 atom stereocenters. The Morgan fingerprint density at radius 2 is 0.812 bits per heavy atom. The van der Waals surface area contributed by atoms with E-state index in [0.717, 1.165) is 70.6 Å². The third-order valence-electron chi connectivity index (χ3n) is 16.5. The molecule has 1 aliphatic heterocycles. The molecule has 0 aromatic rings. The number of allylic oxidation sites excluding steroid dienone is 11. The van der Waals surface area contributed by atoms with Gasteiger partial charge in [-0.1, -0.05) is 279 Å². The van der Waals surface area contributed by atoms with E-state index < -0.39 is 49.5 Å². The van der Waals surface area contributed by atoms with Crippen molar-refractivity contribution < 1.29 is 49.3 Å². The van der Waals surface area contributed by atoms with Crippen LogP contribution in [0, 0.1) is 0 Å². The second-order valence-electron chi connectivity index (χ2n) is 24.6. The van der Waals surface area contributed by atoms with Crippen molar-refractivity contribution in [3.63, 3.8) is 0 Å². The number of rotatable bonds is 62.